The Morgan fingerprint density at radius 1 is 1.37 bits per heavy atom. The molecule has 1 rings (SSSR count). The molecule has 8 nitrogen and oxygen atoms in total. The first-order valence-corrected chi connectivity index (χ1v) is 10.6. The maximum Gasteiger partial charge on any atom is 1.00 e. The number of rotatable bonds is 13. The van der Waals surface area contributed by atoms with Crippen LogP contribution in [0.5, 0.6) is 0 Å². The summed E-state index contributed by atoms with van der Waals surface area (Å²) in [5.74, 6) is -0.836. The van der Waals surface area contributed by atoms with E-state index in [1.807, 2.05) is 12.2 Å². The second-order valence-electron chi connectivity index (χ2n) is 6.66. The minimum absolute atomic E-state index is 0. The Morgan fingerprint density at radius 3 is 2.63 bits per heavy atom. The molecule has 1 aliphatic rings. The Bertz CT molecular complexity index is 623. The van der Waals surface area contributed by atoms with E-state index < -0.39 is 22.0 Å². The van der Waals surface area contributed by atoms with Gasteiger partial charge in [-0.05, 0) is 12.8 Å². The molecule has 2 atom stereocenters. The Kier molecular flexibility index (Phi) is 13.1. The maximum atomic E-state index is 12.6. The van der Waals surface area contributed by atoms with Crippen molar-refractivity contribution in [2.75, 3.05) is 38.5 Å². The van der Waals surface area contributed by atoms with Crippen molar-refractivity contribution < 1.29 is 62.0 Å². The average Bonchev–Trinajstić information content (AvgIpc) is 2.92. The minimum Gasteiger partial charge on any atom is -0.748 e. The monoisotopic (exact) mass is 413 g/mol. The van der Waals surface area contributed by atoms with E-state index in [2.05, 4.69) is 11.9 Å². The number of carbonyl (C=O) groups excluding carboxylic acids is 1. The van der Waals surface area contributed by atoms with Crippen molar-refractivity contribution in [2.45, 2.75) is 45.1 Å². The van der Waals surface area contributed by atoms with Crippen LogP contribution in [0.25, 0.3) is 0 Å². The van der Waals surface area contributed by atoms with Gasteiger partial charge >= 0.3 is 29.6 Å². The summed E-state index contributed by atoms with van der Waals surface area (Å²) in [5, 5.41) is 19.4. The third kappa shape index (κ3) is 9.76. The van der Waals surface area contributed by atoms with Crippen LogP contribution in [0.4, 0.5) is 0 Å². The van der Waals surface area contributed by atoms with E-state index in [9.17, 15) is 28.0 Å². The van der Waals surface area contributed by atoms with Crippen LogP contribution in [0.3, 0.4) is 0 Å². The number of hydrogen-bond donors (Lipinski definition) is 2. The number of amidine groups is 1. The summed E-state index contributed by atoms with van der Waals surface area (Å²) in [5.41, 5.74) is 0. The number of Topliss-reactive ketones (excluding diaryl/α,β-unsaturated/α-hetero) is 1. The molecule has 0 aromatic rings. The molecular formula is C17H30N2NaO6S+. The van der Waals surface area contributed by atoms with E-state index in [0.29, 0.717) is 19.5 Å². The number of allylic oxidation sites excluding steroid dienone is 2. The number of carbonyl (C=O) groups is 1. The molecule has 0 spiro atoms. The van der Waals surface area contributed by atoms with Gasteiger partial charge in [0.15, 0.2) is 0 Å². The SMILES string of the molecule is CCCC/C=C/CCC(=O)C1=NCC[N+]1(CCO)CC(O)CS(=O)(=O)[O-].[Na+]. The molecule has 150 valence electrons. The van der Waals surface area contributed by atoms with Crippen LogP contribution in [0.15, 0.2) is 17.1 Å². The van der Waals surface area contributed by atoms with Crippen molar-refractivity contribution >= 4 is 21.7 Å². The molecule has 27 heavy (non-hydrogen) atoms. The van der Waals surface area contributed by atoms with Gasteiger partial charge in [-0.15, -0.1) is 0 Å². The Hall–Kier alpha value is -0.130. The average molecular weight is 413 g/mol. The zero-order valence-electron chi connectivity index (χ0n) is 16.3. The van der Waals surface area contributed by atoms with Gasteiger partial charge in [0.2, 0.25) is 5.78 Å². The van der Waals surface area contributed by atoms with Gasteiger partial charge in [0.25, 0.3) is 5.84 Å². The smallest absolute Gasteiger partial charge is 0.748 e. The third-order valence-electron chi connectivity index (χ3n) is 4.40. The number of aliphatic hydroxyl groups is 2. The van der Waals surface area contributed by atoms with Gasteiger partial charge in [-0.1, -0.05) is 31.9 Å². The number of aliphatic hydroxyl groups excluding tert-OH is 2. The summed E-state index contributed by atoms with van der Waals surface area (Å²) in [7, 11) is -4.58. The molecule has 1 heterocycles. The molecule has 1 aliphatic heterocycles. The number of ketones is 1. The van der Waals surface area contributed by atoms with Gasteiger partial charge in [0.05, 0.1) is 29.0 Å². The van der Waals surface area contributed by atoms with Crippen molar-refractivity contribution in [3.8, 4) is 0 Å². The van der Waals surface area contributed by atoms with Gasteiger partial charge in [-0.25, -0.2) is 13.4 Å². The standard InChI is InChI=1S/C17H30N2O6S.Na/c1-2-3-4-5-6-7-8-16(22)17-18-9-10-19(17,11-12-20)13-15(21)14-26(23,24)25;/h5-6,15,20-21H,2-4,7-14H2,1H3;/q;+1/b6-5+;. The molecule has 10 heteroatoms. The summed E-state index contributed by atoms with van der Waals surface area (Å²) in [6, 6.07) is 0. The van der Waals surface area contributed by atoms with Crippen LogP contribution in [-0.2, 0) is 14.9 Å². The molecule has 2 N–H and O–H groups in total. The summed E-state index contributed by atoms with van der Waals surface area (Å²) in [4.78, 5) is 16.8. The van der Waals surface area contributed by atoms with Gasteiger partial charge in [0, 0.05) is 6.42 Å². The molecule has 0 fully saturated rings. The molecule has 0 bridgehead atoms. The Balaban J connectivity index is 0.00000676. The summed E-state index contributed by atoms with van der Waals surface area (Å²) in [6.45, 7) is 2.65. The van der Waals surface area contributed by atoms with Crippen molar-refractivity contribution in [3.05, 3.63) is 12.2 Å². The molecule has 0 saturated heterocycles. The number of aliphatic imine (C=N–C) groups is 1. The summed E-state index contributed by atoms with van der Waals surface area (Å²) < 4.78 is 32.5. The molecule has 0 amide bonds. The van der Waals surface area contributed by atoms with Crippen LogP contribution >= 0.6 is 0 Å². The number of hydrogen-bond acceptors (Lipinski definition) is 7. The fraction of sp³-hybridized carbons (Fsp3) is 0.765. The van der Waals surface area contributed by atoms with Crippen LogP contribution in [-0.4, -0.2) is 83.9 Å². The van der Waals surface area contributed by atoms with Crippen LogP contribution in [0, 0.1) is 0 Å². The molecule has 0 saturated carbocycles. The van der Waals surface area contributed by atoms with Gasteiger partial charge in [-0.3, -0.25) is 9.28 Å². The fourth-order valence-corrected chi connectivity index (χ4v) is 3.79. The normalized spacial score (nSPS) is 21.1. The van der Waals surface area contributed by atoms with Crippen molar-refractivity contribution in [3.63, 3.8) is 0 Å². The molecule has 2 unspecified atom stereocenters. The topological polar surface area (TPSA) is 127 Å². The molecular weight excluding hydrogens is 383 g/mol. The number of quaternary nitrogens is 1. The first-order valence-electron chi connectivity index (χ1n) is 9.06. The van der Waals surface area contributed by atoms with Gasteiger partial charge < -0.3 is 14.8 Å². The van der Waals surface area contributed by atoms with E-state index >= 15 is 0 Å². The van der Waals surface area contributed by atoms with Crippen LogP contribution < -0.4 is 29.6 Å². The first-order chi connectivity index (χ1) is 12.2. The first kappa shape index (κ1) is 26.9. The number of nitrogens with zero attached hydrogens (tertiary/aromatic N) is 2. The van der Waals surface area contributed by atoms with Gasteiger partial charge in [-0.2, -0.15) is 0 Å². The summed E-state index contributed by atoms with van der Waals surface area (Å²) >= 11 is 0. The van der Waals surface area contributed by atoms with E-state index in [-0.39, 0.29) is 71.8 Å². The zero-order chi connectivity index (χ0) is 19.6. The molecule has 0 aromatic carbocycles. The largest absolute Gasteiger partial charge is 1.00 e. The molecule has 0 aromatic heterocycles. The Labute approximate surface area is 184 Å². The second kappa shape index (κ2) is 13.2. The van der Waals surface area contributed by atoms with Crippen LogP contribution in [0.2, 0.25) is 0 Å². The van der Waals surface area contributed by atoms with Gasteiger partial charge in [0.1, 0.15) is 25.7 Å². The predicted molar refractivity (Wildman–Crippen MR) is 97.7 cm³/mol. The maximum absolute atomic E-state index is 12.6. The fourth-order valence-electron chi connectivity index (χ4n) is 3.21. The number of unbranched alkanes of at least 4 members (excludes halogenated alkanes) is 2. The molecule has 0 aliphatic carbocycles. The third-order valence-corrected chi connectivity index (χ3v) is 5.20. The second-order valence-corrected chi connectivity index (χ2v) is 8.11. The molecule has 0 radical (unpaired) electrons. The summed E-state index contributed by atoms with van der Waals surface area (Å²) in [6.07, 6.45) is 6.65. The zero-order valence-corrected chi connectivity index (χ0v) is 19.2. The predicted octanol–water partition coefficient (Wildman–Crippen LogP) is -2.79. The van der Waals surface area contributed by atoms with E-state index in [4.69, 9.17) is 0 Å². The van der Waals surface area contributed by atoms with Crippen molar-refractivity contribution in [1.29, 1.82) is 0 Å². The Morgan fingerprint density at radius 2 is 2.04 bits per heavy atom. The van der Waals surface area contributed by atoms with Crippen LogP contribution in [0.1, 0.15) is 39.0 Å². The van der Waals surface area contributed by atoms with E-state index in [1.165, 1.54) is 0 Å². The quantitative estimate of drug-likeness (QED) is 0.111. The van der Waals surface area contributed by atoms with E-state index in [0.717, 1.165) is 19.3 Å². The minimum atomic E-state index is -4.58. The van der Waals surface area contributed by atoms with Crippen molar-refractivity contribution in [2.24, 2.45) is 4.99 Å². The van der Waals surface area contributed by atoms with E-state index in [1.54, 1.807) is 0 Å². The van der Waals surface area contributed by atoms with Crippen molar-refractivity contribution in [1.82, 2.24) is 0 Å².